The molecule has 0 unspecified atom stereocenters. The Bertz CT molecular complexity index is 997. The van der Waals surface area contributed by atoms with Gasteiger partial charge in [0, 0.05) is 49.9 Å². The lowest BCUT2D eigenvalue weighted by molar-refractivity contribution is 0.102. The van der Waals surface area contributed by atoms with Crippen LogP contribution in [-0.2, 0) is 0 Å². The molecule has 0 aliphatic carbocycles. The van der Waals surface area contributed by atoms with E-state index in [1.165, 1.54) is 5.56 Å². The molecular weight excluding hydrogens is 362 g/mol. The van der Waals surface area contributed by atoms with Gasteiger partial charge in [-0.3, -0.25) is 9.78 Å². The molecule has 1 amide bonds. The summed E-state index contributed by atoms with van der Waals surface area (Å²) in [4.78, 5) is 25.9. The molecule has 2 aromatic heterocycles. The largest absolute Gasteiger partial charge is 0.368 e. The van der Waals surface area contributed by atoms with Gasteiger partial charge in [0.25, 0.3) is 5.91 Å². The van der Waals surface area contributed by atoms with Crippen LogP contribution in [0.25, 0.3) is 0 Å². The van der Waals surface area contributed by atoms with Crippen LogP contribution in [0.4, 0.5) is 17.2 Å². The standard InChI is InChI=1S/C23H25N5O/c1-17-6-7-19(15-18(17)2)26-23(29)21-16-20(8-10-24-21)27-11-13-28(14-12-27)22-5-3-4-9-25-22/h3-10,15-16H,11-14H2,1-2H3,(H,26,29). The number of anilines is 3. The van der Waals surface area contributed by atoms with Gasteiger partial charge in [-0.1, -0.05) is 12.1 Å². The Hall–Kier alpha value is -3.41. The Labute approximate surface area is 171 Å². The molecule has 0 spiro atoms. The molecule has 6 nitrogen and oxygen atoms in total. The summed E-state index contributed by atoms with van der Waals surface area (Å²) in [5, 5.41) is 2.95. The van der Waals surface area contributed by atoms with E-state index in [9.17, 15) is 4.79 Å². The van der Waals surface area contributed by atoms with Crippen molar-refractivity contribution in [1.82, 2.24) is 9.97 Å². The van der Waals surface area contributed by atoms with Gasteiger partial charge in [0.15, 0.2) is 0 Å². The fourth-order valence-electron chi connectivity index (χ4n) is 3.49. The molecule has 3 aromatic rings. The van der Waals surface area contributed by atoms with Crippen molar-refractivity contribution >= 4 is 23.1 Å². The van der Waals surface area contributed by atoms with Gasteiger partial charge in [0.2, 0.25) is 0 Å². The van der Waals surface area contributed by atoms with Crippen molar-refractivity contribution in [1.29, 1.82) is 0 Å². The molecule has 1 aromatic carbocycles. The van der Waals surface area contributed by atoms with Gasteiger partial charge < -0.3 is 15.1 Å². The second-order valence-electron chi connectivity index (χ2n) is 7.31. The number of aromatic nitrogens is 2. The lowest BCUT2D eigenvalue weighted by Gasteiger charge is -2.36. The second kappa shape index (κ2) is 8.31. The third kappa shape index (κ3) is 4.37. The number of benzene rings is 1. The maximum atomic E-state index is 12.7. The number of amides is 1. The molecule has 6 heteroatoms. The summed E-state index contributed by atoms with van der Waals surface area (Å²) >= 11 is 0. The lowest BCUT2D eigenvalue weighted by atomic mass is 10.1. The van der Waals surface area contributed by atoms with Gasteiger partial charge in [0.1, 0.15) is 11.5 Å². The maximum absolute atomic E-state index is 12.7. The molecule has 4 rings (SSSR count). The second-order valence-corrected chi connectivity index (χ2v) is 7.31. The number of nitrogens with one attached hydrogen (secondary N) is 1. The summed E-state index contributed by atoms with van der Waals surface area (Å²) in [5.74, 6) is 0.817. The monoisotopic (exact) mass is 387 g/mol. The zero-order valence-electron chi connectivity index (χ0n) is 16.8. The Kier molecular flexibility index (Phi) is 5.42. The lowest BCUT2D eigenvalue weighted by Crippen LogP contribution is -2.46. The molecule has 0 saturated carbocycles. The molecule has 1 saturated heterocycles. The maximum Gasteiger partial charge on any atom is 0.274 e. The number of piperazine rings is 1. The Morgan fingerprint density at radius 3 is 2.38 bits per heavy atom. The van der Waals surface area contributed by atoms with E-state index < -0.39 is 0 Å². The number of rotatable bonds is 4. The number of pyridine rings is 2. The van der Waals surface area contributed by atoms with Crippen molar-refractivity contribution in [3.05, 3.63) is 77.7 Å². The molecule has 0 bridgehead atoms. The molecular formula is C23H25N5O. The number of aryl methyl sites for hydroxylation is 2. The third-order valence-electron chi connectivity index (χ3n) is 5.36. The van der Waals surface area contributed by atoms with Crippen molar-refractivity contribution in [2.75, 3.05) is 41.3 Å². The van der Waals surface area contributed by atoms with Crippen LogP contribution in [0, 0.1) is 13.8 Å². The first-order chi connectivity index (χ1) is 14.1. The SMILES string of the molecule is Cc1ccc(NC(=O)c2cc(N3CCN(c4ccccn4)CC3)ccn2)cc1C. The first kappa shape index (κ1) is 18.9. The predicted molar refractivity (Wildman–Crippen MR) is 117 cm³/mol. The van der Waals surface area contributed by atoms with Crippen molar-refractivity contribution < 1.29 is 4.79 Å². The van der Waals surface area contributed by atoms with Gasteiger partial charge in [-0.05, 0) is 61.4 Å². The minimum Gasteiger partial charge on any atom is -0.368 e. The summed E-state index contributed by atoms with van der Waals surface area (Å²) in [5.41, 5.74) is 4.58. The van der Waals surface area contributed by atoms with E-state index in [0.717, 1.165) is 48.9 Å². The minimum atomic E-state index is -0.192. The minimum absolute atomic E-state index is 0.192. The van der Waals surface area contributed by atoms with Crippen LogP contribution in [0.2, 0.25) is 0 Å². The van der Waals surface area contributed by atoms with Crippen LogP contribution in [0.1, 0.15) is 21.6 Å². The Morgan fingerprint density at radius 1 is 0.862 bits per heavy atom. The smallest absolute Gasteiger partial charge is 0.274 e. The Balaban J connectivity index is 1.42. The zero-order valence-corrected chi connectivity index (χ0v) is 16.8. The molecule has 0 radical (unpaired) electrons. The number of nitrogens with zero attached hydrogens (tertiary/aromatic N) is 4. The van der Waals surface area contributed by atoms with E-state index in [1.54, 1.807) is 6.20 Å². The van der Waals surface area contributed by atoms with E-state index in [2.05, 4.69) is 32.0 Å². The highest BCUT2D eigenvalue weighted by Crippen LogP contribution is 2.20. The van der Waals surface area contributed by atoms with Gasteiger partial charge in [-0.2, -0.15) is 0 Å². The molecule has 148 valence electrons. The molecule has 1 aliphatic rings. The highest BCUT2D eigenvalue weighted by atomic mass is 16.1. The average molecular weight is 387 g/mol. The van der Waals surface area contributed by atoms with Crippen LogP contribution in [-0.4, -0.2) is 42.1 Å². The van der Waals surface area contributed by atoms with Gasteiger partial charge in [0.05, 0.1) is 0 Å². The van der Waals surface area contributed by atoms with E-state index >= 15 is 0 Å². The predicted octanol–water partition coefficient (Wildman–Crippen LogP) is 3.67. The van der Waals surface area contributed by atoms with Crippen molar-refractivity contribution in [2.24, 2.45) is 0 Å². The molecule has 1 N–H and O–H groups in total. The number of hydrogen-bond acceptors (Lipinski definition) is 5. The highest BCUT2D eigenvalue weighted by Gasteiger charge is 2.19. The molecule has 1 aliphatic heterocycles. The van der Waals surface area contributed by atoms with Crippen LogP contribution in [0.5, 0.6) is 0 Å². The van der Waals surface area contributed by atoms with Crippen molar-refractivity contribution in [3.8, 4) is 0 Å². The Morgan fingerprint density at radius 2 is 1.66 bits per heavy atom. The topological polar surface area (TPSA) is 61.4 Å². The van der Waals surface area contributed by atoms with E-state index in [1.807, 2.05) is 61.7 Å². The summed E-state index contributed by atoms with van der Waals surface area (Å²) in [6.45, 7) is 7.62. The summed E-state index contributed by atoms with van der Waals surface area (Å²) in [7, 11) is 0. The molecule has 29 heavy (non-hydrogen) atoms. The number of carbonyl (C=O) groups is 1. The third-order valence-corrected chi connectivity index (χ3v) is 5.36. The summed E-state index contributed by atoms with van der Waals surface area (Å²) in [6.07, 6.45) is 3.53. The number of carbonyl (C=O) groups excluding carboxylic acids is 1. The molecule has 3 heterocycles. The number of hydrogen-bond donors (Lipinski definition) is 1. The fraction of sp³-hybridized carbons (Fsp3) is 0.261. The van der Waals surface area contributed by atoms with Crippen molar-refractivity contribution in [3.63, 3.8) is 0 Å². The van der Waals surface area contributed by atoms with E-state index in [-0.39, 0.29) is 5.91 Å². The van der Waals surface area contributed by atoms with Gasteiger partial charge in [-0.25, -0.2) is 4.98 Å². The van der Waals surface area contributed by atoms with E-state index in [4.69, 9.17) is 0 Å². The van der Waals surface area contributed by atoms with Crippen molar-refractivity contribution in [2.45, 2.75) is 13.8 Å². The average Bonchev–Trinajstić information content (AvgIpc) is 2.77. The summed E-state index contributed by atoms with van der Waals surface area (Å²) in [6, 6.07) is 15.7. The quantitative estimate of drug-likeness (QED) is 0.740. The highest BCUT2D eigenvalue weighted by molar-refractivity contribution is 6.03. The first-order valence-corrected chi connectivity index (χ1v) is 9.86. The summed E-state index contributed by atoms with van der Waals surface area (Å²) < 4.78 is 0. The van der Waals surface area contributed by atoms with Crippen LogP contribution in [0.3, 0.4) is 0 Å². The molecule has 1 fully saturated rings. The van der Waals surface area contributed by atoms with E-state index in [0.29, 0.717) is 5.69 Å². The fourth-order valence-corrected chi connectivity index (χ4v) is 3.49. The first-order valence-electron chi connectivity index (χ1n) is 9.86. The zero-order chi connectivity index (χ0) is 20.2. The van der Waals surface area contributed by atoms with Gasteiger partial charge >= 0.3 is 0 Å². The van der Waals surface area contributed by atoms with Crippen LogP contribution >= 0.6 is 0 Å². The van der Waals surface area contributed by atoms with Crippen LogP contribution < -0.4 is 15.1 Å². The normalized spacial score (nSPS) is 14.0. The molecule has 0 atom stereocenters. The van der Waals surface area contributed by atoms with Crippen LogP contribution in [0.15, 0.2) is 60.9 Å². The van der Waals surface area contributed by atoms with Gasteiger partial charge in [-0.15, -0.1) is 0 Å².